The number of rotatable bonds is 3. The van der Waals surface area contributed by atoms with Gasteiger partial charge in [-0.1, -0.05) is 18.6 Å². The average Bonchev–Trinajstić information content (AvgIpc) is 2.86. The third-order valence-corrected chi connectivity index (χ3v) is 4.78. The molecule has 0 bridgehead atoms. The highest BCUT2D eigenvalue weighted by molar-refractivity contribution is 5.47. The van der Waals surface area contributed by atoms with E-state index in [0.29, 0.717) is 12.0 Å². The quantitative estimate of drug-likeness (QED) is 0.918. The lowest BCUT2D eigenvalue weighted by molar-refractivity contribution is 0.211. The maximum atomic E-state index is 13.8. The lowest BCUT2D eigenvalue weighted by Crippen LogP contribution is -2.49. The Morgan fingerprint density at radius 3 is 2.50 bits per heavy atom. The summed E-state index contributed by atoms with van der Waals surface area (Å²) in [4.78, 5) is 4.65. The van der Waals surface area contributed by atoms with Crippen LogP contribution in [0.1, 0.15) is 19.3 Å². The smallest absolute Gasteiger partial charge is 0.146 e. The summed E-state index contributed by atoms with van der Waals surface area (Å²) >= 11 is 0. The molecule has 0 spiro atoms. The minimum absolute atomic E-state index is 0.112. The average molecular weight is 277 g/mol. The zero-order chi connectivity index (χ0) is 13.9. The Labute approximate surface area is 120 Å². The molecule has 2 N–H and O–H groups in total. The van der Waals surface area contributed by atoms with Crippen molar-refractivity contribution in [3.05, 3.63) is 30.1 Å². The number of piperazine rings is 1. The maximum Gasteiger partial charge on any atom is 0.146 e. The van der Waals surface area contributed by atoms with Gasteiger partial charge in [-0.15, -0.1) is 0 Å². The van der Waals surface area contributed by atoms with E-state index in [-0.39, 0.29) is 5.82 Å². The second-order valence-corrected chi connectivity index (χ2v) is 6.09. The number of halogens is 1. The first-order valence-electron chi connectivity index (χ1n) is 7.71. The predicted octanol–water partition coefficient (Wildman–Crippen LogP) is 2.08. The standard InChI is InChI=1S/C16H24FN3/c17-14-5-1-2-7-16(14)20-10-8-19(9-11-20)12-13-4-3-6-15(13)18/h1-2,5,7,13,15H,3-4,6,8-12,18H2. The van der Waals surface area contributed by atoms with Gasteiger partial charge in [-0.25, -0.2) is 4.39 Å². The molecule has 1 saturated heterocycles. The lowest BCUT2D eigenvalue weighted by atomic mass is 10.0. The fraction of sp³-hybridized carbons (Fsp3) is 0.625. The van der Waals surface area contributed by atoms with Crippen molar-refractivity contribution in [2.75, 3.05) is 37.6 Å². The summed E-state index contributed by atoms with van der Waals surface area (Å²) in [5.74, 6) is 0.550. The molecular formula is C16H24FN3. The first-order chi connectivity index (χ1) is 9.74. The topological polar surface area (TPSA) is 32.5 Å². The fourth-order valence-electron chi connectivity index (χ4n) is 3.50. The molecule has 2 fully saturated rings. The predicted molar refractivity (Wildman–Crippen MR) is 80.4 cm³/mol. The summed E-state index contributed by atoms with van der Waals surface area (Å²) in [7, 11) is 0. The van der Waals surface area contributed by atoms with Gasteiger partial charge < -0.3 is 10.6 Å². The zero-order valence-electron chi connectivity index (χ0n) is 12.0. The largest absolute Gasteiger partial charge is 0.367 e. The molecule has 1 saturated carbocycles. The van der Waals surface area contributed by atoms with Gasteiger partial charge in [0.25, 0.3) is 0 Å². The zero-order valence-corrected chi connectivity index (χ0v) is 12.0. The van der Waals surface area contributed by atoms with E-state index in [1.54, 1.807) is 12.1 Å². The summed E-state index contributed by atoms with van der Waals surface area (Å²) in [5.41, 5.74) is 6.89. The highest BCUT2D eigenvalue weighted by Gasteiger charge is 2.27. The van der Waals surface area contributed by atoms with Crippen LogP contribution >= 0.6 is 0 Å². The molecule has 1 heterocycles. The monoisotopic (exact) mass is 277 g/mol. The maximum absolute atomic E-state index is 13.8. The van der Waals surface area contributed by atoms with Crippen LogP contribution in [0.25, 0.3) is 0 Å². The second-order valence-electron chi connectivity index (χ2n) is 6.09. The number of benzene rings is 1. The molecule has 1 aromatic rings. The Bertz CT molecular complexity index is 443. The van der Waals surface area contributed by atoms with E-state index in [9.17, 15) is 4.39 Å². The highest BCUT2D eigenvalue weighted by atomic mass is 19.1. The van der Waals surface area contributed by atoms with Crippen LogP contribution in [0.2, 0.25) is 0 Å². The van der Waals surface area contributed by atoms with E-state index < -0.39 is 0 Å². The van der Waals surface area contributed by atoms with Gasteiger partial charge in [-0.05, 0) is 30.9 Å². The Balaban J connectivity index is 1.53. The second kappa shape index (κ2) is 6.10. The van der Waals surface area contributed by atoms with Crippen molar-refractivity contribution in [1.82, 2.24) is 4.90 Å². The van der Waals surface area contributed by atoms with Gasteiger partial charge in [-0.3, -0.25) is 4.90 Å². The van der Waals surface area contributed by atoms with E-state index in [2.05, 4.69) is 9.80 Å². The first kappa shape index (κ1) is 13.8. The Morgan fingerprint density at radius 2 is 1.85 bits per heavy atom. The number of anilines is 1. The summed E-state index contributed by atoms with van der Waals surface area (Å²) in [5, 5.41) is 0. The number of hydrogen-bond acceptors (Lipinski definition) is 3. The van der Waals surface area contributed by atoms with Crippen molar-refractivity contribution in [2.45, 2.75) is 25.3 Å². The van der Waals surface area contributed by atoms with Gasteiger partial charge in [0.1, 0.15) is 5.82 Å². The number of para-hydroxylation sites is 1. The summed E-state index contributed by atoms with van der Waals surface area (Å²) in [6.07, 6.45) is 3.73. The number of nitrogens with two attached hydrogens (primary N) is 1. The molecule has 1 aliphatic carbocycles. The fourth-order valence-corrected chi connectivity index (χ4v) is 3.50. The molecule has 4 heteroatoms. The van der Waals surface area contributed by atoms with Gasteiger partial charge in [0, 0.05) is 38.8 Å². The summed E-state index contributed by atoms with van der Waals surface area (Å²) in [6, 6.07) is 7.45. The van der Waals surface area contributed by atoms with E-state index >= 15 is 0 Å². The molecular weight excluding hydrogens is 253 g/mol. The molecule has 0 amide bonds. The van der Waals surface area contributed by atoms with Crippen molar-refractivity contribution < 1.29 is 4.39 Å². The van der Waals surface area contributed by atoms with Crippen molar-refractivity contribution >= 4 is 5.69 Å². The minimum atomic E-state index is -0.112. The van der Waals surface area contributed by atoms with Gasteiger partial charge in [0.05, 0.1) is 5.69 Å². The van der Waals surface area contributed by atoms with Crippen LogP contribution in [0.15, 0.2) is 24.3 Å². The van der Waals surface area contributed by atoms with E-state index in [4.69, 9.17) is 5.73 Å². The Morgan fingerprint density at radius 1 is 1.10 bits per heavy atom. The van der Waals surface area contributed by atoms with Gasteiger partial charge in [0.15, 0.2) is 0 Å². The Hall–Kier alpha value is -1.13. The SMILES string of the molecule is NC1CCCC1CN1CCN(c2ccccc2F)CC1. The van der Waals surface area contributed by atoms with Crippen LogP contribution < -0.4 is 10.6 Å². The van der Waals surface area contributed by atoms with E-state index in [1.165, 1.54) is 19.3 Å². The highest BCUT2D eigenvalue weighted by Crippen LogP contribution is 2.26. The molecule has 3 nitrogen and oxygen atoms in total. The summed E-state index contributed by atoms with van der Waals surface area (Å²) in [6.45, 7) is 4.95. The van der Waals surface area contributed by atoms with Crippen LogP contribution in [0.4, 0.5) is 10.1 Å². The lowest BCUT2D eigenvalue weighted by Gasteiger charge is -2.37. The first-order valence-corrected chi connectivity index (χ1v) is 7.71. The molecule has 110 valence electrons. The van der Waals surface area contributed by atoms with Gasteiger partial charge in [0.2, 0.25) is 0 Å². The molecule has 1 aromatic carbocycles. The van der Waals surface area contributed by atoms with Gasteiger partial charge >= 0.3 is 0 Å². The van der Waals surface area contributed by atoms with Crippen LogP contribution in [-0.4, -0.2) is 43.7 Å². The van der Waals surface area contributed by atoms with E-state index in [0.717, 1.165) is 38.4 Å². The van der Waals surface area contributed by atoms with Crippen LogP contribution in [-0.2, 0) is 0 Å². The van der Waals surface area contributed by atoms with E-state index in [1.807, 2.05) is 12.1 Å². The molecule has 0 aromatic heterocycles. The molecule has 2 atom stereocenters. The molecule has 2 unspecified atom stereocenters. The van der Waals surface area contributed by atoms with Crippen molar-refractivity contribution in [1.29, 1.82) is 0 Å². The molecule has 3 rings (SSSR count). The van der Waals surface area contributed by atoms with Gasteiger partial charge in [-0.2, -0.15) is 0 Å². The van der Waals surface area contributed by atoms with Crippen molar-refractivity contribution in [2.24, 2.45) is 11.7 Å². The minimum Gasteiger partial charge on any atom is -0.367 e. The van der Waals surface area contributed by atoms with Crippen molar-refractivity contribution in [3.8, 4) is 0 Å². The van der Waals surface area contributed by atoms with Crippen molar-refractivity contribution in [3.63, 3.8) is 0 Å². The van der Waals surface area contributed by atoms with Crippen LogP contribution in [0, 0.1) is 11.7 Å². The molecule has 2 aliphatic rings. The molecule has 0 radical (unpaired) electrons. The molecule has 1 aliphatic heterocycles. The Kier molecular flexibility index (Phi) is 4.22. The third-order valence-electron chi connectivity index (χ3n) is 4.78. The normalized spacial score (nSPS) is 28.0. The molecule has 20 heavy (non-hydrogen) atoms. The number of nitrogens with zero attached hydrogens (tertiary/aromatic N) is 2. The summed E-state index contributed by atoms with van der Waals surface area (Å²) < 4.78 is 13.8. The number of hydrogen-bond donors (Lipinski definition) is 1. The third kappa shape index (κ3) is 2.96. The van der Waals surface area contributed by atoms with Crippen LogP contribution in [0.3, 0.4) is 0 Å². The van der Waals surface area contributed by atoms with Crippen LogP contribution in [0.5, 0.6) is 0 Å².